The van der Waals surface area contributed by atoms with Gasteiger partial charge in [-0.2, -0.15) is 0 Å². The summed E-state index contributed by atoms with van der Waals surface area (Å²) in [5, 5.41) is 9.15. The average molecular weight is 196 g/mol. The maximum absolute atomic E-state index is 9.15. The Kier molecular flexibility index (Phi) is 4.18. The van der Waals surface area contributed by atoms with Gasteiger partial charge in [-0.3, -0.25) is 0 Å². The van der Waals surface area contributed by atoms with E-state index in [4.69, 9.17) is 5.11 Å². The van der Waals surface area contributed by atoms with Crippen molar-refractivity contribution >= 4 is 0 Å². The largest absolute Gasteiger partial charge is 0.396 e. The zero-order valence-electron chi connectivity index (χ0n) is 9.68. The molecule has 0 aliphatic heterocycles. The summed E-state index contributed by atoms with van der Waals surface area (Å²) in [5.41, 5.74) is 1.61. The fourth-order valence-corrected chi connectivity index (χ4v) is 2.53. The van der Waals surface area contributed by atoms with Crippen LogP contribution in [0.1, 0.15) is 52.4 Å². The van der Waals surface area contributed by atoms with Crippen molar-refractivity contribution in [3.63, 3.8) is 0 Å². The Morgan fingerprint density at radius 2 is 2.14 bits per heavy atom. The molecule has 0 amide bonds. The topological polar surface area (TPSA) is 20.2 Å². The first-order valence-electron chi connectivity index (χ1n) is 5.94. The summed E-state index contributed by atoms with van der Waals surface area (Å²) < 4.78 is 0. The van der Waals surface area contributed by atoms with E-state index in [2.05, 4.69) is 20.4 Å². The van der Waals surface area contributed by atoms with Gasteiger partial charge in [-0.1, -0.05) is 44.8 Å². The molecular formula is C13H24O. The summed E-state index contributed by atoms with van der Waals surface area (Å²) in [7, 11) is 0. The SMILES string of the molecule is C=C(C)[C@@]1(CCCCCC)C[C@H]1CO. The van der Waals surface area contributed by atoms with Gasteiger partial charge in [-0.25, -0.2) is 0 Å². The third-order valence-corrected chi connectivity index (χ3v) is 3.78. The first kappa shape index (κ1) is 11.8. The van der Waals surface area contributed by atoms with E-state index in [0.717, 1.165) is 0 Å². The van der Waals surface area contributed by atoms with Gasteiger partial charge in [0.15, 0.2) is 0 Å². The molecule has 0 aromatic carbocycles. The minimum atomic E-state index is 0.322. The van der Waals surface area contributed by atoms with E-state index in [1.165, 1.54) is 44.1 Å². The Bertz CT molecular complexity index is 197. The summed E-state index contributed by atoms with van der Waals surface area (Å²) in [6.45, 7) is 8.78. The highest BCUT2D eigenvalue weighted by Crippen LogP contribution is 2.60. The third kappa shape index (κ3) is 2.38. The summed E-state index contributed by atoms with van der Waals surface area (Å²) in [6.07, 6.45) is 7.69. The molecule has 1 aliphatic carbocycles. The molecular weight excluding hydrogens is 172 g/mol. The van der Waals surface area contributed by atoms with Gasteiger partial charge < -0.3 is 5.11 Å². The highest BCUT2D eigenvalue weighted by Gasteiger charge is 2.53. The second-order valence-corrected chi connectivity index (χ2v) is 4.83. The summed E-state index contributed by atoms with van der Waals surface area (Å²) in [6, 6.07) is 0. The highest BCUT2D eigenvalue weighted by atomic mass is 16.3. The molecule has 1 heteroatoms. The van der Waals surface area contributed by atoms with Crippen LogP contribution in [-0.4, -0.2) is 11.7 Å². The van der Waals surface area contributed by atoms with E-state index < -0.39 is 0 Å². The number of unbranched alkanes of at least 4 members (excludes halogenated alkanes) is 3. The molecule has 1 nitrogen and oxygen atoms in total. The van der Waals surface area contributed by atoms with Crippen molar-refractivity contribution < 1.29 is 5.11 Å². The quantitative estimate of drug-likeness (QED) is 0.488. The number of aliphatic hydroxyl groups excluding tert-OH is 1. The zero-order chi connectivity index (χ0) is 10.6. The molecule has 1 rings (SSSR count). The van der Waals surface area contributed by atoms with E-state index in [1.807, 2.05) is 0 Å². The van der Waals surface area contributed by atoms with E-state index in [0.29, 0.717) is 17.9 Å². The van der Waals surface area contributed by atoms with Crippen LogP contribution in [0.25, 0.3) is 0 Å². The highest BCUT2D eigenvalue weighted by molar-refractivity contribution is 5.20. The summed E-state index contributed by atoms with van der Waals surface area (Å²) in [5.74, 6) is 0.515. The van der Waals surface area contributed by atoms with Gasteiger partial charge in [0.1, 0.15) is 0 Å². The fraction of sp³-hybridized carbons (Fsp3) is 0.846. The van der Waals surface area contributed by atoms with Gasteiger partial charge in [-0.05, 0) is 31.1 Å². The van der Waals surface area contributed by atoms with Crippen LogP contribution in [0.5, 0.6) is 0 Å². The lowest BCUT2D eigenvalue weighted by molar-refractivity contribution is 0.252. The smallest absolute Gasteiger partial charge is 0.0467 e. The van der Waals surface area contributed by atoms with Crippen LogP contribution in [-0.2, 0) is 0 Å². The summed E-state index contributed by atoms with van der Waals surface area (Å²) >= 11 is 0. The Balaban J connectivity index is 2.29. The zero-order valence-corrected chi connectivity index (χ0v) is 9.68. The first-order valence-corrected chi connectivity index (χ1v) is 5.94. The number of rotatable bonds is 7. The van der Waals surface area contributed by atoms with Crippen molar-refractivity contribution in [3.8, 4) is 0 Å². The molecule has 0 heterocycles. The average Bonchev–Trinajstić information content (AvgIpc) is 2.88. The van der Waals surface area contributed by atoms with Gasteiger partial charge >= 0.3 is 0 Å². The van der Waals surface area contributed by atoms with Gasteiger partial charge in [0.25, 0.3) is 0 Å². The van der Waals surface area contributed by atoms with Gasteiger partial charge in [-0.15, -0.1) is 0 Å². The Morgan fingerprint density at radius 1 is 1.43 bits per heavy atom. The minimum absolute atomic E-state index is 0.322. The van der Waals surface area contributed by atoms with Crippen molar-refractivity contribution in [3.05, 3.63) is 12.2 Å². The molecule has 1 N–H and O–H groups in total. The Hall–Kier alpha value is -0.300. The molecule has 1 saturated carbocycles. The normalized spacial score (nSPS) is 30.4. The van der Waals surface area contributed by atoms with E-state index >= 15 is 0 Å². The van der Waals surface area contributed by atoms with Crippen LogP contribution in [0.4, 0.5) is 0 Å². The number of aliphatic hydroxyl groups is 1. The maximum atomic E-state index is 9.15. The van der Waals surface area contributed by atoms with Crippen molar-refractivity contribution in [2.45, 2.75) is 52.4 Å². The second kappa shape index (κ2) is 4.97. The minimum Gasteiger partial charge on any atom is -0.396 e. The standard InChI is InChI=1S/C13H24O/c1-4-5-6-7-8-13(11(2)3)9-12(13)10-14/h12,14H,2,4-10H2,1,3H3/t12-,13+/m0/s1. The van der Waals surface area contributed by atoms with Gasteiger partial charge in [0.2, 0.25) is 0 Å². The maximum Gasteiger partial charge on any atom is 0.0467 e. The molecule has 1 fully saturated rings. The molecule has 0 saturated heterocycles. The van der Waals surface area contributed by atoms with Gasteiger partial charge in [0, 0.05) is 6.61 Å². The van der Waals surface area contributed by atoms with E-state index in [-0.39, 0.29) is 0 Å². The first-order chi connectivity index (χ1) is 6.67. The van der Waals surface area contributed by atoms with Crippen molar-refractivity contribution in [1.29, 1.82) is 0 Å². The van der Waals surface area contributed by atoms with Crippen LogP contribution in [0.3, 0.4) is 0 Å². The molecule has 14 heavy (non-hydrogen) atoms. The molecule has 0 aromatic heterocycles. The Morgan fingerprint density at radius 3 is 2.57 bits per heavy atom. The van der Waals surface area contributed by atoms with Crippen molar-refractivity contribution in [1.82, 2.24) is 0 Å². The number of hydrogen-bond donors (Lipinski definition) is 1. The van der Waals surface area contributed by atoms with Gasteiger partial charge in [0.05, 0.1) is 0 Å². The number of hydrogen-bond acceptors (Lipinski definition) is 1. The van der Waals surface area contributed by atoms with Crippen LogP contribution in [0, 0.1) is 11.3 Å². The molecule has 82 valence electrons. The lowest BCUT2D eigenvalue weighted by atomic mass is 9.89. The van der Waals surface area contributed by atoms with Crippen molar-refractivity contribution in [2.75, 3.05) is 6.61 Å². The monoisotopic (exact) mass is 196 g/mol. The van der Waals surface area contributed by atoms with Crippen LogP contribution in [0.15, 0.2) is 12.2 Å². The number of allylic oxidation sites excluding steroid dienone is 1. The molecule has 2 atom stereocenters. The fourth-order valence-electron chi connectivity index (χ4n) is 2.53. The predicted molar refractivity (Wildman–Crippen MR) is 61.2 cm³/mol. The molecule has 0 aromatic rings. The predicted octanol–water partition coefficient (Wildman–Crippen LogP) is 3.53. The Labute approximate surface area is 88.2 Å². The lowest BCUT2D eigenvalue weighted by Gasteiger charge is -2.16. The third-order valence-electron chi connectivity index (χ3n) is 3.78. The van der Waals surface area contributed by atoms with Crippen molar-refractivity contribution in [2.24, 2.45) is 11.3 Å². The molecule has 0 radical (unpaired) electrons. The molecule has 1 aliphatic rings. The lowest BCUT2D eigenvalue weighted by Crippen LogP contribution is -2.07. The molecule has 0 unspecified atom stereocenters. The molecule has 0 spiro atoms. The van der Waals surface area contributed by atoms with Crippen LogP contribution < -0.4 is 0 Å². The van der Waals surface area contributed by atoms with E-state index in [9.17, 15) is 0 Å². The second-order valence-electron chi connectivity index (χ2n) is 4.83. The molecule has 0 bridgehead atoms. The van der Waals surface area contributed by atoms with E-state index in [1.54, 1.807) is 0 Å². The van der Waals surface area contributed by atoms with Crippen LogP contribution in [0.2, 0.25) is 0 Å². The summed E-state index contributed by atoms with van der Waals surface area (Å²) in [4.78, 5) is 0. The van der Waals surface area contributed by atoms with Crippen LogP contribution >= 0.6 is 0 Å².